The fourth-order valence-electron chi connectivity index (χ4n) is 1.87. The van der Waals surface area contributed by atoms with Gasteiger partial charge in [-0.1, -0.05) is 6.07 Å². The van der Waals surface area contributed by atoms with E-state index in [1.807, 2.05) is 11.9 Å². The van der Waals surface area contributed by atoms with Crippen LogP contribution < -0.4 is 4.90 Å². The first-order chi connectivity index (χ1) is 8.49. The second kappa shape index (κ2) is 6.78. The minimum atomic E-state index is -0.441. The van der Waals surface area contributed by atoms with Gasteiger partial charge >= 0.3 is 0 Å². The number of carbonyl (C=O) groups excluding carboxylic acids is 1. The first kappa shape index (κ1) is 15.0. The number of rotatable bonds is 6. The van der Waals surface area contributed by atoms with Gasteiger partial charge in [-0.3, -0.25) is 4.79 Å². The van der Waals surface area contributed by atoms with Crippen LogP contribution in [0.3, 0.4) is 0 Å². The Labute approximate surface area is 113 Å². The molecule has 0 N–H and O–H groups in total. The molecule has 18 heavy (non-hydrogen) atoms. The third-order valence-corrected chi connectivity index (χ3v) is 3.77. The summed E-state index contributed by atoms with van der Waals surface area (Å²) in [6.07, 6.45) is 3.07. The van der Waals surface area contributed by atoms with Gasteiger partial charge in [-0.05, 0) is 44.4 Å². The molecule has 0 bridgehead atoms. The Morgan fingerprint density at radius 3 is 2.72 bits per heavy atom. The predicted octanol–water partition coefficient (Wildman–Crippen LogP) is 3.61. The van der Waals surface area contributed by atoms with Crippen molar-refractivity contribution in [3.05, 3.63) is 29.6 Å². The molecule has 0 heterocycles. The second-order valence-electron chi connectivity index (χ2n) is 4.43. The van der Waals surface area contributed by atoms with E-state index in [0.29, 0.717) is 5.69 Å². The van der Waals surface area contributed by atoms with Crippen molar-refractivity contribution in [2.24, 2.45) is 0 Å². The minimum Gasteiger partial charge on any atom is -0.371 e. The van der Waals surface area contributed by atoms with Gasteiger partial charge in [0.05, 0.1) is 11.3 Å². The van der Waals surface area contributed by atoms with Crippen LogP contribution in [-0.4, -0.2) is 30.9 Å². The van der Waals surface area contributed by atoms with Crippen molar-refractivity contribution in [2.75, 3.05) is 24.0 Å². The highest BCUT2D eigenvalue weighted by molar-refractivity contribution is 7.98. The number of nitrogens with zero attached hydrogens (tertiary/aromatic N) is 1. The second-order valence-corrected chi connectivity index (χ2v) is 5.42. The van der Waals surface area contributed by atoms with Gasteiger partial charge in [0.1, 0.15) is 5.82 Å². The molecule has 0 aliphatic rings. The van der Waals surface area contributed by atoms with Gasteiger partial charge in [0.15, 0.2) is 5.78 Å². The number of hydrogen-bond acceptors (Lipinski definition) is 3. The number of hydrogen-bond donors (Lipinski definition) is 0. The van der Waals surface area contributed by atoms with Gasteiger partial charge in [0.2, 0.25) is 0 Å². The number of halogens is 1. The smallest absolute Gasteiger partial charge is 0.164 e. The Bertz CT molecular complexity index is 422. The van der Waals surface area contributed by atoms with Crippen LogP contribution in [0.1, 0.15) is 30.6 Å². The molecular weight excluding hydrogens is 249 g/mol. The van der Waals surface area contributed by atoms with Gasteiger partial charge in [-0.2, -0.15) is 11.8 Å². The Kier molecular flexibility index (Phi) is 5.66. The van der Waals surface area contributed by atoms with Gasteiger partial charge in [-0.15, -0.1) is 0 Å². The average Bonchev–Trinajstić information content (AvgIpc) is 2.34. The van der Waals surface area contributed by atoms with Gasteiger partial charge in [0.25, 0.3) is 0 Å². The van der Waals surface area contributed by atoms with E-state index in [1.54, 1.807) is 23.9 Å². The largest absolute Gasteiger partial charge is 0.371 e. The third-order valence-electron chi connectivity index (χ3n) is 3.12. The number of benzene rings is 1. The van der Waals surface area contributed by atoms with E-state index in [9.17, 15) is 9.18 Å². The van der Waals surface area contributed by atoms with Crippen LogP contribution in [0.25, 0.3) is 0 Å². The van der Waals surface area contributed by atoms with Crippen molar-refractivity contribution in [3.63, 3.8) is 0 Å². The zero-order valence-electron chi connectivity index (χ0n) is 11.4. The molecule has 0 spiro atoms. The standard InChI is InChI=1S/C14H20FNOS/c1-10(8-9-18-4)16(3)13-7-5-6-12(15)14(13)11(2)17/h5-7,10H,8-9H2,1-4H3. The highest BCUT2D eigenvalue weighted by atomic mass is 32.2. The van der Waals surface area contributed by atoms with Crippen LogP contribution in [0.5, 0.6) is 0 Å². The van der Waals surface area contributed by atoms with E-state index < -0.39 is 5.82 Å². The fourth-order valence-corrected chi connectivity index (χ4v) is 2.45. The number of thioether (sulfide) groups is 1. The van der Waals surface area contributed by atoms with Gasteiger partial charge < -0.3 is 4.90 Å². The number of Topliss-reactive ketones (excluding diaryl/α,β-unsaturated/α-hetero) is 1. The van der Waals surface area contributed by atoms with Crippen LogP contribution in [0.2, 0.25) is 0 Å². The molecule has 1 atom stereocenters. The molecule has 0 radical (unpaired) electrons. The molecule has 0 fully saturated rings. The normalized spacial score (nSPS) is 12.3. The van der Waals surface area contributed by atoms with Gasteiger partial charge in [-0.25, -0.2) is 4.39 Å². The quantitative estimate of drug-likeness (QED) is 0.736. The van der Waals surface area contributed by atoms with Crippen LogP contribution in [0.4, 0.5) is 10.1 Å². The van der Waals surface area contributed by atoms with Crippen molar-refractivity contribution in [3.8, 4) is 0 Å². The molecule has 0 aliphatic heterocycles. The molecule has 0 amide bonds. The van der Waals surface area contributed by atoms with E-state index in [2.05, 4.69) is 13.2 Å². The molecule has 1 aromatic rings. The van der Waals surface area contributed by atoms with E-state index in [1.165, 1.54) is 13.0 Å². The van der Waals surface area contributed by atoms with Crippen LogP contribution in [-0.2, 0) is 0 Å². The van der Waals surface area contributed by atoms with Crippen molar-refractivity contribution in [1.82, 2.24) is 0 Å². The first-order valence-corrected chi connectivity index (χ1v) is 7.39. The predicted molar refractivity (Wildman–Crippen MR) is 77.3 cm³/mol. The summed E-state index contributed by atoms with van der Waals surface area (Å²) < 4.78 is 13.7. The number of anilines is 1. The summed E-state index contributed by atoms with van der Waals surface area (Å²) in [5, 5.41) is 0. The molecule has 100 valence electrons. The Balaban J connectivity index is 3.01. The van der Waals surface area contributed by atoms with E-state index >= 15 is 0 Å². The van der Waals surface area contributed by atoms with Crippen LogP contribution >= 0.6 is 11.8 Å². The average molecular weight is 269 g/mol. The molecule has 1 aromatic carbocycles. The zero-order valence-corrected chi connectivity index (χ0v) is 12.2. The van der Waals surface area contributed by atoms with Crippen LogP contribution in [0.15, 0.2) is 18.2 Å². The number of carbonyl (C=O) groups is 1. The summed E-state index contributed by atoms with van der Waals surface area (Å²) in [6.45, 7) is 3.49. The zero-order chi connectivity index (χ0) is 13.7. The Morgan fingerprint density at radius 2 is 2.17 bits per heavy atom. The highest BCUT2D eigenvalue weighted by Crippen LogP contribution is 2.25. The van der Waals surface area contributed by atoms with E-state index in [-0.39, 0.29) is 17.4 Å². The lowest BCUT2D eigenvalue weighted by Crippen LogP contribution is -2.30. The SMILES string of the molecule is CSCCC(C)N(C)c1cccc(F)c1C(C)=O. The molecule has 2 nitrogen and oxygen atoms in total. The van der Waals surface area contributed by atoms with E-state index in [4.69, 9.17) is 0 Å². The summed E-state index contributed by atoms with van der Waals surface area (Å²) in [7, 11) is 1.91. The third kappa shape index (κ3) is 3.48. The molecule has 1 rings (SSSR count). The van der Waals surface area contributed by atoms with Crippen molar-refractivity contribution in [1.29, 1.82) is 0 Å². The summed E-state index contributed by atoms with van der Waals surface area (Å²) in [4.78, 5) is 13.5. The maximum atomic E-state index is 13.7. The summed E-state index contributed by atoms with van der Waals surface area (Å²) in [5.41, 5.74) is 0.868. The Hall–Kier alpha value is -1.03. The fraction of sp³-hybridized carbons (Fsp3) is 0.500. The maximum Gasteiger partial charge on any atom is 0.164 e. The van der Waals surface area contributed by atoms with Crippen molar-refractivity contribution >= 4 is 23.2 Å². The summed E-state index contributed by atoms with van der Waals surface area (Å²) in [6, 6.07) is 5.06. The van der Waals surface area contributed by atoms with Crippen molar-refractivity contribution < 1.29 is 9.18 Å². The lowest BCUT2D eigenvalue weighted by atomic mass is 10.1. The monoisotopic (exact) mass is 269 g/mol. The Morgan fingerprint density at radius 1 is 1.50 bits per heavy atom. The molecular formula is C14H20FNOS. The molecule has 0 aliphatic carbocycles. The summed E-state index contributed by atoms with van der Waals surface area (Å²) in [5.74, 6) is 0.381. The topological polar surface area (TPSA) is 20.3 Å². The first-order valence-electron chi connectivity index (χ1n) is 6.00. The minimum absolute atomic E-state index is 0.191. The van der Waals surface area contributed by atoms with E-state index in [0.717, 1.165) is 12.2 Å². The number of ketones is 1. The van der Waals surface area contributed by atoms with Crippen molar-refractivity contribution in [2.45, 2.75) is 26.3 Å². The molecule has 0 saturated carbocycles. The molecule has 0 saturated heterocycles. The lowest BCUT2D eigenvalue weighted by molar-refractivity contribution is 0.101. The summed E-state index contributed by atoms with van der Waals surface area (Å²) >= 11 is 1.79. The lowest BCUT2D eigenvalue weighted by Gasteiger charge is -2.28. The molecule has 4 heteroatoms. The maximum absolute atomic E-state index is 13.7. The van der Waals surface area contributed by atoms with Gasteiger partial charge in [0, 0.05) is 13.1 Å². The molecule has 1 unspecified atom stereocenters. The van der Waals surface area contributed by atoms with Crippen LogP contribution in [0, 0.1) is 5.82 Å². The highest BCUT2D eigenvalue weighted by Gasteiger charge is 2.18. The molecule has 0 aromatic heterocycles.